The lowest BCUT2D eigenvalue weighted by atomic mass is 9.94. The summed E-state index contributed by atoms with van der Waals surface area (Å²) in [6.07, 6.45) is 3.30. The minimum Gasteiger partial charge on any atom is -0.342 e. The number of H-pyrrole nitrogens is 1. The minimum absolute atomic E-state index is 0. The molecule has 0 saturated carbocycles. The molecule has 2 aliphatic rings. The fraction of sp³-hybridized carbons (Fsp3) is 0.765. The van der Waals surface area contributed by atoms with Gasteiger partial charge in [-0.15, -0.1) is 12.4 Å². The molecular formula is C17H29ClN6O2. The summed E-state index contributed by atoms with van der Waals surface area (Å²) in [5.74, 6) is 2.00. The quantitative estimate of drug-likeness (QED) is 0.784. The van der Waals surface area contributed by atoms with Gasteiger partial charge in [-0.1, -0.05) is 0 Å². The van der Waals surface area contributed by atoms with Gasteiger partial charge in [0, 0.05) is 45.1 Å². The van der Waals surface area contributed by atoms with Gasteiger partial charge in [-0.05, 0) is 32.6 Å². The van der Waals surface area contributed by atoms with Gasteiger partial charge in [0.05, 0.1) is 5.92 Å². The van der Waals surface area contributed by atoms with Crippen LogP contribution in [0.1, 0.15) is 50.2 Å². The van der Waals surface area contributed by atoms with Gasteiger partial charge in [0.2, 0.25) is 11.8 Å². The Bertz CT molecular complexity index is 629. The first-order valence-electron chi connectivity index (χ1n) is 9.12. The van der Waals surface area contributed by atoms with Gasteiger partial charge in [0.25, 0.3) is 0 Å². The van der Waals surface area contributed by atoms with E-state index in [9.17, 15) is 9.59 Å². The highest BCUT2D eigenvalue weighted by Gasteiger charge is 2.33. The van der Waals surface area contributed by atoms with E-state index in [0.717, 1.165) is 50.4 Å². The van der Waals surface area contributed by atoms with Crippen molar-refractivity contribution in [3.05, 3.63) is 11.6 Å². The zero-order valence-electron chi connectivity index (χ0n) is 15.5. The van der Waals surface area contributed by atoms with Crippen LogP contribution >= 0.6 is 12.4 Å². The average molecular weight is 385 g/mol. The number of likely N-dealkylation sites (tertiary alicyclic amines) is 2. The van der Waals surface area contributed by atoms with Gasteiger partial charge in [0.15, 0.2) is 5.82 Å². The van der Waals surface area contributed by atoms with Crippen molar-refractivity contribution in [1.29, 1.82) is 0 Å². The van der Waals surface area contributed by atoms with Crippen molar-refractivity contribution in [1.82, 2.24) is 25.0 Å². The normalized spacial score (nSPS) is 24.7. The molecule has 3 rings (SSSR count). The van der Waals surface area contributed by atoms with Gasteiger partial charge in [0.1, 0.15) is 5.82 Å². The molecule has 3 N–H and O–H groups in total. The van der Waals surface area contributed by atoms with E-state index in [1.54, 1.807) is 11.8 Å². The van der Waals surface area contributed by atoms with E-state index in [0.29, 0.717) is 19.0 Å². The summed E-state index contributed by atoms with van der Waals surface area (Å²) in [5.41, 5.74) is 6.05. The molecule has 2 fully saturated rings. The zero-order chi connectivity index (χ0) is 18.0. The molecule has 0 radical (unpaired) electrons. The van der Waals surface area contributed by atoms with Crippen molar-refractivity contribution < 1.29 is 9.59 Å². The lowest BCUT2D eigenvalue weighted by molar-refractivity contribution is -0.138. The molecule has 9 heteroatoms. The molecule has 8 nitrogen and oxygen atoms in total. The Morgan fingerprint density at radius 3 is 2.38 bits per heavy atom. The Morgan fingerprint density at radius 1 is 1.12 bits per heavy atom. The number of hydrogen-bond acceptors (Lipinski definition) is 5. The molecular weight excluding hydrogens is 356 g/mol. The molecule has 3 heterocycles. The van der Waals surface area contributed by atoms with E-state index in [-0.39, 0.29) is 36.2 Å². The summed E-state index contributed by atoms with van der Waals surface area (Å²) < 4.78 is 0. The highest BCUT2D eigenvalue weighted by atomic mass is 35.5. The van der Waals surface area contributed by atoms with Crippen LogP contribution in [0.5, 0.6) is 0 Å². The second-order valence-electron chi connectivity index (χ2n) is 7.34. The number of aryl methyl sites for hydroxylation is 1. The summed E-state index contributed by atoms with van der Waals surface area (Å²) in [4.78, 5) is 32.8. The molecule has 1 aromatic heterocycles. The molecule has 0 unspecified atom stereocenters. The highest BCUT2D eigenvalue weighted by molar-refractivity contribution is 5.85. The van der Waals surface area contributed by atoms with Crippen LogP contribution in [0.15, 0.2) is 0 Å². The van der Waals surface area contributed by atoms with E-state index in [1.165, 1.54) is 0 Å². The number of aromatic amines is 1. The summed E-state index contributed by atoms with van der Waals surface area (Å²) in [5, 5.41) is 7.14. The van der Waals surface area contributed by atoms with Gasteiger partial charge in [-0.25, -0.2) is 4.98 Å². The maximum atomic E-state index is 12.9. The van der Waals surface area contributed by atoms with Crippen LogP contribution in [0.25, 0.3) is 0 Å². The second-order valence-corrected chi connectivity index (χ2v) is 7.34. The number of carbonyl (C=O) groups is 2. The van der Waals surface area contributed by atoms with Crippen molar-refractivity contribution in [3.8, 4) is 0 Å². The summed E-state index contributed by atoms with van der Waals surface area (Å²) in [7, 11) is 0. The van der Waals surface area contributed by atoms with E-state index in [2.05, 4.69) is 15.2 Å². The first-order valence-corrected chi connectivity index (χ1v) is 9.12. The third kappa shape index (κ3) is 4.73. The monoisotopic (exact) mass is 384 g/mol. The number of amides is 2. The number of piperidine rings is 1. The number of halogens is 1. The largest absolute Gasteiger partial charge is 0.342 e. The van der Waals surface area contributed by atoms with Gasteiger partial charge >= 0.3 is 0 Å². The maximum Gasteiger partial charge on any atom is 0.227 e. The number of rotatable bonds is 2. The maximum absolute atomic E-state index is 12.9. The Balaban J connectivity index is 0.00000243. The Morgan fingerprint density at radius 2 is 1.81 bits per heavy atom. The SMILES string of the molecule is CC(=O)N1C[C@@H](N)CC[C@@H](C(=O)N2CCC(c3n[nH]c(C)n3)CC2)C1.Cl. The molecule has 2 atom stereocenters. The standard InChI is InChI=1S/C17H28N6O2.ClH/c1-11-19-16(21-20-11)13-5-7-22(8-6-13)17(25)14-3-4-15(18)10-23(9-14)12(2)24;/h13-15H,3-10,18H2,1-2H3,(H,19,20,21);1H/t14-,15+;/m1./s1. The van der Waals surface area contributed by atoms with Crippen LogP contribution in [-0.4, -0.2) is 69.0 Å². The molecule has 1 aromatic rings. The number of nitrogens with two attached hydrogens (primary N) is 1. The molecule has 0 spiro atoms. The number of carbonyl (C=O) groups excluding carboxylic acids is 2. The third-order valence-electron chi connectivity index (χ3n) is 5.36. The van der Waals surface area contributed by atoms with Crippen molar-refractivity contribution in [2.75, 3.05) is 26.2 Å². The third-order valence-corrected chi connectivity index (χ3v) is 5.36. The van der Waals surface area contributed by atoms with Gasteiger partial charge < -0.3 is 15.5 Å². The van der Waals surface area contributed by atoms with Gasteiger partial charge in [-0.2, -0.15) is 5.10 Å². The van der Waals surface area contributed by atoms with E-state index >= 15 is 0 Å². The van der Waals surface area contributed by atoms with E-state index in [4.69, 9.17) is 5.73 Å². The van der Waals surface area contributed by atoms with Crippen molar-refractivity contribution in [3.63, 3.8) is 0 Å². The van der Waals surface area contributed by atoms with Crippen LogP contribution in [0.2, 0.25) is 0 Å². The molecule has 0 aromatic carbocycles. The van der Waals surface area contributed by atoms with Crippen LogP contribution < -0.4 is 5.73 Å². The number of nitrogens with zero attached hydrogens (tertiary/aromatic N) is 4. The predicted molar refractivity (Wildman–Crippen MR) is 99.9 cm³/mol. The highest BCUT2D eigenvalue weighted by Crippen LogP contribution is 2.27. The minimum atomic E-state index is -0.139. The molecule has 26 heavy (non-hydrogen) atoms. The average Bonchev–Trinajstić information content (AvgIpc) is 2.92. The first-order chi connectivity index (χ1) is 11.9. The Hall–Kier alpha value is -1.67. The Kier molecular flexibility index (Phi) is 7.00. The smallest absolute Gasteiger partial charge is 0.227 e. The molecule has 2 aliphatic heterocycles. The zero-order valence-corrected chi connectivity index (χ0v) is 16.3. The van der Waals surface area contributed by atoms with Crippen LogP contribution in [0, 0.1) is 12.8 Å². The molecule has 146 valence electrons. The summed E-state index contributed by atoms with van der Waals surface area (Å²) in [6, 6.07) is -0.0404. The lowest BCUT2D eigenvalue weighted by Crippen LogP contribution is -2.45. The number of aromatic nitrogens is 3. The second kappa shape index (κ2) is 8.81. The van der Waals surface area contributed by atoms with Crippen LogP contribution in [-0.2, 0) is 9.59 Å². The topological polar surface area (TPSA) is 108 Å². The number of nitrogens with one attached hydrogen (secondary N) is 1. The van der Waals surface area contributed by atoms with E-state index in [1.807, 2.05) is 11.8 Å². The molecule has 0 aliphatic carbocycles. The molecule has 2 saturated heterocycles. The Labute approximate surface area is 160 Å². The van der Waals surface area contributed by atoms with Crippen LogP contribution in [0.4, 0.5) is 0 Å². The van der Waals surface area contributed by atoms with Crippen LogP contribution in [0.3, 0.4) is 0 Å². The van der Waals surface area contributed by atoms with Crippen molar-refractivity contribution >= 4 is 24.2 Å². The fourth-order valence-electron chi connectivity index (χ4n) is 3.84. The molecule has 0 bridgehead atoms. The van der Waals surface area contributed by atoms with Crippen molar-refractivity contribution in [2.24, 2.45) is 11.7 Å². The fourth-order valence-corrected chi connectivity index (χ4v) is 3.84. The summed E-state index contributed by atoms with van der Waals surface area (Å²) in [6.45, 7) is 5.92. The summed E-state index contributed by atoms with van der Waals surface area (Å²) >= 11 is 0. The first kappa shape index (κ1) is 20.6. The molecule has 2 amide bonds. The number of hydrogen-bond donors (Lipinski definition) is 2. The van der Waals surface area contributed by atoms with Gasteiger partial charge in [-0.3, -0.25) is 14.7 Å². The predicted octanol–water partition coefficient (Wildman–Crippen LogP) is 0.827. The lowest BCUT2D eigenvalue weighted by Gasteiger charge is -2.34. The van der Waals surface area contributed by atoms with E-state index < -0.39 is 0 Å². The van der Waals surface area contributed by atoms with Crippen molar-refractivity contribution in [2.45, 2.75) is 51.5 Å².